The highest BCUT2D eigenvalue weighted by Gasteiger charge is 2.19. The van der Waals surface area contributed by atoms with E-state index in [2.05, 4.69) is 32.1 Å². The van der Waals surface area contributed by atoms with Gasteiger partial charge in [0.2, 0.25) is 0 Å². The van der Waals surface area contributed by atoms with Gasteiger partial charge in [-0.15, -0.1) is 0 Å². The van der Waals surface area contributed by atoms with Gasteiger partial charge in [0.05, 0.1) is 0 Å². The van der Waals surface area contributed by atoms with Gasteiger partial charge in [0.1, 0.15) is 12.0 Å². The summed E-state index contributed by atoms with van der Waals surface area (Å²) >= 11 is 0. The normalized spacial score (nSPS) is 15.7. The summed E-state index contributed by atoms with van der Waals surface area (Å²) in [6.45, 7) is 3.50. The molecule has 3 rings (SSSR count). The van der Waals surface area contributed by atoms with Gasteiger partial charge in [-0.3, -0.25) is 0 Å². The van der Waals surface area contributed by atoms with E-state index in [1.165, 1.54) is 12.4 Å². The SMILES string of the molecule is CN1CCN(c2ncnc(Nc3ccc(F)c(F)c3)c2N)CC1. The van der Waals surface area contributed by atoms with Crippen molar-refractivity contribution >= 4 is 23.0 Å². The first-order valence-corrected chi connectivity index (χ1v) is 7.30. The highest BCUT2D eigenvalue weighted by atomic mass is 19.2. The lowest BCUT2D eigenvalue weighted by Crippen LogP contribution is -2.45. The lowest BCUT2D eigenvalue weighted by Gasteiger charge is -2.33. The molecule has 1 fully saturated rings. The molecule has 1 aromatic heterocycles. The van der Waals surface area contributed by atoms with Crippen molar-refractivity contribution in [2.45, 2.75) is 0 Å². The summed E-state index contributed by atoms with van der Waals surface area (Å²) in [5.74, 6) is -0.802. The Labute approximate surface area is 132 Å². The van der Waals surface area contributed by atoms with Crippen LogP contribution in [-0.2, 0) is 0 Å². The molecule has 1 aliphatic rings. The Morgan fingerprint density at radius 2 is 1.83 bits per heavy atom. The number of halogens is 2. The van der Waals surface area contributed by atoms with Gasteiger partial charge < -0.3 is 20.9 Å². The van der Waals surface area contributed by atoms with Crippen LogP contribution >= 0.6 is 0 Å². The van der Waals surface area contributed by atoms with Crippen LogP contribution in [0.3, 0.4) is 0 Å². The fourth-order valence-corrected chi connectivity index (χ4v) is 2.47. The molecule has 8 heteroatoms. The molecule has 2 aromatic rings. The maximum atomic E-state index is 13.3. The van der Waals surface area contributed by atoms with Crippen LogP contribution in [0, 0.1) is 11.6 Å². The standard InChI is InChI=1S/C15H18F2N6/c1-22-4-6-23(7-5-22)15-13(18)14(19-9-20-15)21-10-2-3-11(16)12(17)8-10/h2-3,8-9H,4-7,18H2,1H3,(H,19,20,21). The number of nitrogens with two attached hydrogens (primary N) is 1. The largest absolute Gasteiger partial charge is 0.393 e. The monoisotopic (exact) mass is 320 g/mol. The number of rotatable bonds is 3. The first-order chi connectivity index (χ1) is 11.0. The number of hydrogen-bond donors (Lipinski definition) is 2. The van der Waals surface area contributed by atoms with Crippen LogP contribution in [0.1, 0.15) is 0 Å². The van der Waals surface area contributed by atoms with Crippen molar-refractivity contribution in [3.8, 4) is 0 Å². The predicted octanol–water partition coefficient (Wildman–Crippen LogP) is 1.83. The van der Waals surface area contributed by atoms with Gasteiger partial charge in [0.25, 0.3) is 0 Å². The van der Waals surface area contributed by atoms with Crippen molar-refractivity contribution in [3.05, 3.63) is 36.2 Å². The summed E-state index contributed by atoms with van der Waals surface area (Å²) in [5, 5.41) is 2.91. The van der Waals surface area contributed by atoms with Gasteiger partial charge >= 0.3 is 0 Å². The van der Waals surface area contributed by atoms with E-state index in [-0.39, 0.29) is 0 Å². The van der Waals surface area contributed by atoms with Gasteiger partial charge in [-0.25, -0.2) is 18.7 Å². The molecule has 0 aliphatic carbocycles. The average Bonchev–Trinajstić information content (AvgIpc) is 2.54. The number of benzene rings is 1. The molecule has 1 saturated heterocycles. The molecule has 0 bridgehead atoms. The smallest absolute Gasteiger partial charge is 0.160 e. The fraction of sp³-hybridized carbons (Fsp3) is 0.333. The third-order valence-corrected chi connectivity index (χ3v) is 3.85. The molecule has 0 atom stereocenters. The Hall–Kier alpha value is -2.48. The average molecular weight is 320 g/mol. The Bertz CT molecular complexity index is 700. The molecule has 0 radical (unpaired) electrons. The lowest BCUT2D eigenvalue weighted by atomic mass is 10.2. The molecule has 0 unspecified atom stereocenters. The zero-order valence-corrected chi connectivity index (χ0v) is 12.8. The van der Waals surface area contributed by atoms with Crippen LogP contribution in [0.4, 0.5) is 31.8 Å². The summed E-state index contributed by atoms with van der Waals surface area (Å²) < 4.78 is 26.3. The molecular formula is C15H18F2N6. The van der Waals surface area contributed by atoms with E-state index in [0.29, 0.717) is 23.0 Å². The second-order valence-electron chi connectivity index (χ2n) is 5.50. The number of anilines is 4. The second-order valence-corrected chi connectivity index (χ2v) is 5.50. The van der Waals surface area contributed by atoms with Gasteiger partial charge in [-0.1, -0.05) is 0 Å². The third kappa shape index (κ3) is 3.31. The van der Waals surface area contributed by atoms with Crippen LogP contribution in [-0.4, -0.2) is 48.1 Å². The van der Waals surface area contributed by atoms with Crippen molar-refractivity contribution in [1.29, 1.82) is 0 Å². The van der Waals surface area contributed by atoms with E-state index >= 15 is 0 Å². The Morgan fingerprint density at radius 1 is 1.09 bits per heavy atom. The highest BCUT2D eigenvalue weighted by Crippen LogP contribution is 2.29. The first kappa shape index (κ1) is 15.4. The third-order valence-electron chi connectivity index (χ3n) is 3.85. The Balaban J connectivity index is 1.83. The van der Waals surface area contributed by atoms with E-state index < -0.39 is 11.6 Å². The van der Waals surface area contributed by atoms with Gasteiger partial charge in [-0.05, 0) is 19.2 Å². The second kappa shape index (κ2) is 6.33. The Kier molecular flexibility index (Phi) is 4.24. The molecule has 0 spiro atoms. The zero-order chi connectivity index (χ0) is 16.4. The summed E-state index contributed by atoms with van der Waals surface area (Å²) in [5.41, 5.74) is 6.92. The molecule has 2 heterocycles. The fourth-order valence-electron chi connectivity index (χ4n) is 2.47. The van der Waals surface area contributed by atoms with Crippen molar-refractivity contribution < 1.29 is 8.78 Å². The first-order valence-electron chi connectivity index (χ1n) is 7.30. The number of aromatic nitrogens is 2. The van der Waals surface area contributed by atoms with Crippen molar-refractivity contribution in [1.82, 2.24) is 14.9 Å². The minimum Gasteiger partial charge on any atom is -0.393 e. The van der Waals surface area contributed by atoms with Crippen molar-refractivity contribution in [3.63, 3.8) is 0 Å². The number of likely N-dealkylation sites (N-methyl/N-ethyl adjacent to an activating group) is 1. The van der Waals surface area contributed by atoms with Crippen LogP contribution in [0.2, 0.25) is 0 Å². The molecule has 122 valence electrons. The molecule has 23 heavy (non-hydrogen) atoms. The summed E-state index contributed by atoms with van der Waals surface area (Å²) in [6, 6.07) is 3.54. The highest BCUT2D eigenvalue weighted by molar-refractivity contribution is 5.78. The summed E-state index contributed by atoms with van der Waals surface area (Å²) in [6.07, 6.45) is 1.41. The van der Waals surface area contributed by atoms with Gasteiger partial charge in [0.15, 0.2) is 23.3 Å². The summed E-state index contributed by atoms with van der Waals surface area (Å²) in [7, 11) is 2.07. The number of nitrogen functional groups attached to an aromatic ring is 1. The van der Waals surface area contributed by atoms with E-state index in [1.807, 2.05) is 0 Å². The topological polar surface area (TPSA) is 70.3 Å². The maximum absolute atomic E-state index is 13.3. The molecule has 0 amide bonds. The number of piperazine rings is 1. The molecular weight excluding hydrogens is 302 g/mol. The number of nitrogens with zero attached hydrogens (tertiary/aromatic N) is 4. The van der Waals surface area contributed by atoms with Crippen molar-refractivity contribution in [2.24, 2.45) is 0 Å². The lowest BCUT2D eigenvalue weighted by molar-refractivity contribution is 0.312. The van der Waals surface area contributed by atoms with E-state index in [0.717, 1.165) is 38.3 Å². The van der Waals surface area contributed by atoms with Crippen LogP contribution in [0.5, 0.6) is 0 Å². The summed E-state index contributed by atoms with van der Waals surface area (Å²) in [4.78, 5) is 12.7. The van der Waals surface area contributed by atoms with Crippen LogP contribution in [0.15, 0.2) is 24.5 Å². The minimum atomic E-state index is -0.929. The molecule has 1 aromatic carbocycles. The molecule has 3 N–H and O–H groups in total. The molecule has 6 nitrogen and oxygen atoms in total. The van der Waals surface area contributed by atoms with Crippen molar-refractivity contribution in [2.75, 3.05) is 49.2 Å². The predicted molar refractivity (Wildman–Crippen MR) is 85.8 cm³/mol. The molecule has 1 aliphatic heterocycles. The minimum absolute atomic E-state index is 0.374. The molecule has 0 saturated carbocycles. The van der Waals surface area contributed by atoms with Gasteiger partial charge in [0, 0.05) is 37.9 Å². The zero-order valence-electron chi connectivity index (χ0n) is 12.8. The maximum Gasteiger partial charge on any atom is 0.160 e. The number of nitrogens with one attached hydrogen (secondary N) is 1. The van der Waals surface area contributed by atoms with E-state index in [1.54, 1.807) is 0 Å². The van der Waals surface area contributed by atoms with Crippen LogP contribution in [0.25, 0.3) is 0 Å². The van der Waals surface area contributed by atoms with E-state index in [4.69, 9.17) is 5.73 Å². The Morgan fingerprint density at radius 3 is 2.52 bits per heavy atom. The number of hydrogen-bond acceptors (Lipinski definition) is 6. The van der Waals surface area contributed by atoms with Gasteiger partial charge in [-0.2, -0.15) is 0 Å². The quantitative estimate of drug-likeness (QED) is 0.899. The van der Waals surface area contributed by atoms with E-state index in [9.17, 15) is 8.78 Å². The van der Waals surface area contributed by atoms with Crippen LogP contribution < -0.4 is 16.0 Å².